The molecule has 1 aromatic rings. The lowest BCUT2D eigenvalue weighted by Crippen LogP contribution is -2.47. The van der Waals surface area contributed by atoms with Gasteiger partial charge < -0.3 is 9.64 Å². The maximum absolute atomic E-state index is 12.2. The van der Waals surface area contributed by atoms with Gasteiger partial charge in [0.2, 0.25) is 11.1 Å². The number of aromatic nitrogens is 2. The first kappa shape index (κ1) is 17.4. The minimum atomic E-state index is -0.646. The van der Waals surface area contributed by atoms with Crippen LogP contribution in [0.4, 0.5) is 11.5 Å². The smallest absolute Gasteiger partial charge is 0.329 e. The lowest BCUT2D eigenvalue weighted by atomic mass is 10.1. The topological polar surface area (TPSA) is 98.5 Å². The molecule has 1 atom stereocenters. The summed E-state index contributed by atoms with van der Waals surface area (Å²) in [6.07, 6.45) is 5.22. The molecular weight excluding hydrogens is 324 g/mol. The molecule has 23 heavy (non-hydrogen) atoms. The average Bonchev–Trinajstić information content (AvgIpc) is 3.05. The Hall–Kier alpha value is -1.96. The quantitative estimate of drug-likeness (QED) is 0.339. The van der Waals surface area contributed by atoms with Gasteiger partial charge in [-0.3, -0.25) is 10.1 Å². The molecule has 0 spiro atoms. The second kappa shape index (κ2) is 7.54. The minimum Gasteiger partial charge on any atom is -0.467 e. The van der Waals surface area contributed by atoms with E-state index in [1.54, 1.807) is 4.90 Å². The Morgan fingerprint density at radius 2 is 2.22 bits per heavy atom. The Bertz CT molecular complexity index is 592. The van der Waals surface area contributed by atoms with Crippen LogP contribution >= 0.6 is 11.6 Å². The number of esters is 1. The molecule has 0 bridgehead atoms. The molecule has 0 saturated heterocycles. The van der Waals surface area contributed by atoms with Crippen LogP contribution in [0.3, 0.4) is 0 Å². The van der Waals surface area contributed by atoms with Crippen LogP contribution in [0.15, 0.2) is 6.20 Å². The normalized spacial score (nSPS) is 16.1. The highest BCUT2D eigenvalue weighted by Crippen LogP contribution is 2.35. The molecule has 1 saturated carbocycles. The van der Waals surface area contributed by atoms with Gasteiger partial charge in [0.25, 0.3) is 0 Å². The highest BCUT2D eigenvalue weighted by Gasteiger charge is 2.37. The van der Waals surface area contributed by atoms with E-state index in [9.17, 15) is 14.9 Å². The fraction of sp³-hybridized carbons (Fsp3) is 0.643. The lowest BCUT2D eigenvalue weighted by molar-refractivity contribution is -0.384. The Labute approximate surface area is 139 Å². The molecule has 1 heterocycles. The molecule has 0 radical (unpaired) electrons. The molecule has 0 amide bonds. The molecule has 0 unspecified atom stereocenters. The molecule has 126 valence electrons. The van der Waals surface area contributed by atoms with Crippen LogP contribution in [-0.4, -0.2) is 40.1 Å². The summed E-state index contributed by atoms with van der Waals surface area (Å²) in [5.41, 5.74) is -0.261. The summed E-state index contributed by atoms with van der Waals surface area (Å²) in [6, 6.07) is -0.656. The van der Waals surface area contributed by atoms with Crippen molar-refractivity contribution in [2.45, 2.75) is 51.1 Å². The predicted molar refractivity (Wildman–Crippen MR) is 84.5 cm³/mol. The third-order valence-electron chi connectivity index (χ3n) is 4.08. The summed E-state index contributed by atoms with van der Waals surface area (Å²) in [7, 11) is 1.30. The van der Waals surface area contributed by atoms with Crippen molar-refractivity contribution < 1.29 is 14.5 Å². The van der Waals surface area contributed by atoms with Crippen LogP contribution in [0.5, 0.6) is 0 Å². The monoisotopic (exact) mass is 342 g/mol. The van der Waals surface area contributed by atoms with Crippen molar-refractivity contribution in [3.8, 4) is 0 Å². The number of carbonyl (C=O) groups is 1. The van der Waals surface area contributed by atoms with E-state index in [-0.39, 0.29) is 22.8 Å². The number of hydrogen-bond donors (Lipinski definition) is 0. The van der Waals surface area contributed by atoms with E-state index in [4.69, 9.17) is 16.3 Å². The highest BCUT2D eigenvalue weighted by atomic mass is 35.5. The largest absolute Gasteiger partial charge is 0.467 e. The van der Waals surface area contributed by atoms with Crippen LogP contribution in [-0.2, 0) is 9.53 Å². The summed E-state index contributed by atoms with van der Waals surface area (Å²) < 4.78 is 4.87. The van der Waals surface area contributed by atoms with Crippen LogP contribution in [0.2, 0.25) is 5.28 Å². The van der Waals surface area contributed by atoms with Crippen molar-refractivity contribution in [3.63, 3.8) is 0 Å². The predicted octanol–water partition coefficient (Wildman–Crippen LogP) is 2.74. The number of carbonyl (C=O) groups excluding carboxylic acids is 1. The van der Waals surface area contributed by atoms with Gasteiger partial charge in [-0.25, -0.2) is 9.78 Å². The first-order valence-corrected chi connectivity index (χ1v) is 7.90. The Morgan fingerprint density at radius 3 is 2.74 bits per heavy atom. The number of nitro groups is 1. The molecule has 9 heteroatoms. The fourth-order valence-electron chi connectivity index (χ4n) is 3.03. The fourth-order valence-corrected chi connectivity index (χ4v) is 3.16. The number of rotatable bonds is 6. The maximum Gasteiger partial charge on any atom is 0.329 e. The molecule has 1 aromatic heterocycles. The number of anilines is 1. The number of halogens is 1. The Balaban J connectivity index is 2.55. The van der Waals surface area contributed by atoms with E-state index < -0.39 is 16.9 Å². The third-order valence-corrected chi connectivity index (χ3v) is 4.26. The van der Waals surface area contributed by atoms with E-state index in [1.165, 1.54) is 7.11 Å². The van der Waals surface area contributed by atoms with Gasteiger partial charge in [-0.2, -0.15) is 4.98 Å². The third kappa shape index (κ3) is 3.69. The second-order valence-electron chi connectivity index (χ2n) is 5.40. The van der Waals surface area contributed by atoms with Crippen LogP contribution in [0, 0.1) is 10.1 Å². The second-order valence-corrected chi connectivity index (χ2v) is 5.74. The summed E-state index contributed by atoms with van der Waals surface area (Å²) in [4.78, 5) is 32.4. The van der Waals surface area contributed by atoms with Crippen molar-refractivity contribution in [1.82, 2.24) is 9.97 Å². The van der Waals surface area contributed by atoms with E-state index in [1.807, 2.05) is 6.92 Å². The SMILES string of the molecule is CC[C@@H](C(=O)OC)N(c1nc(Cl)ncc1[N+](=O)[O-])C1CCCC1. The van der Waals surface area contributed by atoms with Gasteiger partial charge in [-0.05, 0) is 30.9 Å². The van der Waals surface area contributed by atoms with Gasteiger partial charge in [0.05, 0.1) is 12.0 Å². The number of ether oxygens (including phenoxy) is 1. The lowest BCUT2D eigenvalue weighted by Gasteiger charge is -2.34. The van der Waals surface area contributed by atoms with Gasteiger partial charge in [0, 0.05) is 6.04 Å². The van der Waals surface area contributed by atoms with E-state index in [0.717, 1.165) is 31.9 Å². The first-order valence-electron chi connectivity index (χ1n) is 7.52. The molecular formula is C14H19ClN4O4. The van der Waals surface area contributed by atoms with Gasteiger partial charge >= 0.3 is 11.7 Å². The van der Waals surface area contributed by atoms with Gasteiger partial charge in [0.1, 0.15) is 12.2 Å². The molecule has 0 aromatic carbocycles. The molecule has 8 nitrogen and oxygen atoms in total. The van der Waals surface area contributed by atoms with Crippen molar-refractivity contribution in [2.24, 2.45) is 0 Å². The zero-order valence-corrected chi connectivity index (χ0v) is 13.8. The minimum absolute atomic E-state index is 0.0104. The van der Waals surface area contributed by atoms with Crippen LogP contribution in [0.25, 0.3) is 0 Å². The van der Waals surface area contributed by atoms with E-state index in [0.29, 0.717) is 6.42 Å². The molecule has 0 N–H and O–H groups in total. The molecule has 2 rings (SSSR count). The maximum atomic E-state index is 12.2. The van der Waals surface area contributed by atoms with Gasteiger partial charge in [-0.1, -0.05) is 19.8 Å². The molecule has 1 aliphatic rings. The summed E-state index contributed by atoms with van der Waals surface area (Å²) in [6.45, 7) is 1.83. The van der Waals surface area contributed by atoms with Crippen molar-refractivity contribution in [2.75, 3.05) is 12.0 Å². The molecule has 0 aliphatic heterocycles. The van der Waals surface area contributed by atoms with Crippen molar-refractivity contribution in [3.05, 3.63) is 21.6 Å². The molecule has 1 aliphatic carbocycles. The van der Waals surface area contributed by atoms with Crippen molar-refractivity contribution in [1.29, 1.82) is 0 Å². The van der Waals surface area contributed by atoms with Gasteiger partial charge in [-0.15, -0.1) is 0 Å². The number of nitrogens with zero attached hydrogens (tertiary/aromatic N) is 4. The molecule has 1 fully saturated rings. The van der Waals surface area contributed by atoms with Gasteiger partial charge in [0.15, 0.2) is 0 Å². The zero-order chi connectivity index (χ0) is 17.0. The van der Waals surface area contributed by atoms with Crippen LogP contribution < -0.4 is 4.90 Å². The zero-order valence-electron chi connectivity index (χ0n) is 13.1. The van der Waals surface area contributed by atoms with E-state index in [2.05, 4.69) is 9.97 Å². The van der Waals surface area contributed by atoms with Crippen molar-refractivity contribution >= 4 is 29.1 Å². The summed E-state index contributed by atoms with van der Waals surface area (Å²) in [5.74, 6) is -0.359. The number of methoxy groups -OCH3 is 1. The summed E-state index contributed by atoms with van der Waals surface area (Å²) >= 11 is 5.85. The number of hydrogen-bond acceptors (Lipinski definition) is 7. The average molecular weight is 343 g/mol. The van der Waals surface area contributed by atoms with Crippen LogP contribution in [0.1, 0.15) is 39.0 Å². The first-order chi connectivity index (χ1) is 11.0. The van der Waals surface area contributed by atoms with E-state index >= 15 is 0 Å². The highest BCUT2D eigenvalue weighted by molar-refractivity contribution is 6.28. The Kier molecular flexibility index (Phi) is 5.70. The Morgan fingerprint density at radius 1 is 1.57 bits per heavy atom. The standard InChI is InChI=1S/C14H19ClN4O4/c1-3-10(13(20)23-2)18(9-6-4-5-7-9)12-11(19(21)22)8-16-14(15)17-12/h8-10H,3-7H2,1-2H3/t10-/m0/s1. The summed E-state index contributed by atoms with van der Waals surface area (Å²) in [5, 5.41) is 11.3.